The van der Waals surface area contributed by atoms with Crippen LogP contribution in [0.3, 0.4) is 0 Å². The second kappa shape index (κ2) is 7.26. The number of fused-ring (bicyclic) bond motifs is 1. The van der Waals surface area contributed by atoms with Gasteiger partial charge in [-0.05, 0) is 50.2 Å². The number of primary sulfonamides is 1. The molecule has 29 heavy (non-hydrogen) atoms. The molecule has 0 bridgehead atoms. The molecule has 0 fully saturated rings. The fraction of sp³-hybridized carbons (Fsp3) is 0.150. The van der Waals surface area contributed by atoms with Crippen molar-refractivity contribution in [1.29, 1.82) is 0 Å². The Balaban J connectivity index is 1.69. The predicted molar refractivity (Wildman–Crippen MR) is 112 cm³/mol. The minimum absolute atomic E-state index is 0.0489. The van der Waals surface area contributed by atoms with Crippen molar-refractivity contribution in [3.8, 4) is 11.3 Å². The summed E-state index contributed by atoms with van der Waals surface area (Å²) in [5.74, 6) is 0.408. The standard InChI is InChI=1S/C20H20N6O2S/c1-13(2)26-12-17(16-7-9-22-11-19(16)26)18-8-10-23-20(25-18)24-14-3-5-15(6-4-14)29(21,27)28/h3-13H,1-2H3,(H2,21,27,28)(H,23,24,25). The highest BCUT2D eigenvalue weighted by atomic mass is 32.2. The van der Waals surface area contributed by atoms with Crippen LogP contribution in [-0.4, -0.2) is 27.9 Å². The molecule has 148 valence electrons. The van der Waals surface area contributed by atoms with E-state index < -0.39 is 10.0 Å². The summed E-state index contributed by atoms with van der Waals surface area (Å²) in [6.07, 6.45) is 7.38. The van der Waals surface area contributed by atoms with Crippen molar-refractivity contribution in [3.63, 3.8) is 0 Å². The number of rotatable bonds is 5. The number of anilines is 2. The van der Waals surface area contributed by atoms with E-state index in [9.17, 15) is 8.42 Å². The number of sulfonamides is 1. The lowest BCUT2D eigenvalue weighted by molar-refractivity contribution is 0.598. The molecule has 0 saturated carbocycles. The van der Waals surface area contributed by atoms with E-state index in [1.165, 1.54) is 12.1 Å². The number of hydrogen-bond donors (Lipinski definition) is 2. The van der Waals surface area contributed by atoms with Crippen LogP contribution in [0.4, 0.5) is 11.6 Å². The van der Waals surface area contributed by atoms with E-state index >= 15 is 0 Å². The Morgan fingerprint density at radius 2 is 1.83 bits per heavy atom. The zero-order valence-electron chi connectivity index (χ0n) is 15.9. The quantitative estimate of drug-likeness (QED) is 0.522. The number of nitrogens with two attached hydrogens (primary N) is 1. The summed E-state index contributed by atoms with van der Waals surface area (Å²) in [6.45, 7) is 4.24. The Kier molecular flexibility index (Phi) is 4.77. The summed E-state index contributed by atoms with van der Waals surface area (Å²) in [5, 5.41) is 9.29. The molecular formula is C20H20N6O2S. The van der Waals surface area contributed by atoms with E-state index in [1.54, 1.807) is 24.5 Å². The number of aromatic nitrogens is 4. The molecule has 0 spiro atoms. The number of pyridine rings is 1. The van der Waals surface area contributed by atoms with Gasteiger partial charge in [0.1, 0.15) is 0 Å². The largest absolute Gasteiger partial charge is 0.343 e. The Hall–Kier alpha value is -3.30. The maximum atomic E-state index is 11.4. The van der Waals surface area contributed by atoms with Gasteiger partial charge in [-0.2, -0.15) is 0 Å². The number of nitrogens with zero attached hydrogens (tertiary/aromatic N) is 4. The second-order valence-electron chi connectivity index (χ2n) is 6.90. The lowest BCUT2D eigenvalue weighted by atomic mass is 10.1. The maximum absolute atomic E-state index is 11.4. The van der Waals surface area contributed by atoms with Crippen molar-refractivity contribution in [2.45, 2.75) is 24.8 Å². The van der Waals surface area contributed by atoms with Crippen LogP contribution in [0.25, 0.3) is 22.2 Å². The highest BCUT2D eigenvalue weighted by Gasteiger charge is 2.14. The Bertz CT molecular complexity index is 1280. The molecular weight excluding hydrogens is 388 g/mol. The summed E-state index contributed by atoms with van der Waals surface area (Å²) in [7, 11) is -3.73. The fourth-order valence-electron chi connectivity index (χ4n) is 3.16. The first-order valence-corrected chi connectivity index (χ1v) is 10.6. The van der Waals surface area contributed by atoms with E-state index in [1.807, 2.05) is 18.3 Å². The third-order valence-electron chi connectivity index (χ3n) is 4.56. The van der Waals surface area contributed by atoms with Crippen molar-refractivity contribution in [1.82, 2.24) is 19.5 Å². The first-order valence-electron chi connectivity index (χ1n) is 9.01. The summed E-state index contributed by atoms with van der Waals surface area (Å²) >= 11 is 0. The highest BCUT2D eigenvalue weighted by Crippen LogP contribution is 2.31. The monoisotopic (exact) mass is 408 g/mol. The van der Waals surface area contributed by atoms with Crippen LogP contribution >= 0.6 is 0 Å². The molecule has 9 heteroatoms. The number of nitrogens with one attached hydrogen (secondary N) is 1. The van der Waals surface area contributed by atoms with Crippen LogP contribution in [0.1, 0.15) is 19.9 Å². The molecule has 0 amide bonds. The van der Waals surface area contributed by atoms with E-state index in [0.29, 0.717) is 11.6 Å². The molecule has 4 aromatic rings. The lowest BCUT2D eigenvalue weighted by Crippen LogP contribution is -2.11. The van der Waals surface area contributed by atoms with Crippen LogP contribution < -0.4 is 10.5 Å². The Morgan fingerprint density at radius 1 is 1.07 bits per heavy atom. The average molecular weight is 408 g/mol. The minimum atomic E-state index is -3.73. The molecule has 0 aliphatic rings. The van der Waals surface area contributed by atoms with Gasteiger partial charge >= 0.3 is 0 Å². The van der Waals surface area contributed by atoms with Crippen LogP contribution in [-0.2, 0) is 10.0 Å². The number of benzene rings is 1. The third kappa shape index (κ3) is 3.82. The average Bonchev–Trinajstić information content (AvgIpc) is 3.08. The molecule has 0 unspecified atom stereocenters. The van der Waals surface area contributed by atoms with Gasteiger partial charge in [-0.1, -0.05) is 0 Å². The Morgan fingerprint density at radius 3 is 2.52 bits per heavy atom. The molecule has 1 aromatic carbocycles. The summed E-state index contributed by atoms with van der Waals surface area (Å²) in [6, 6.07) is 10.2. The highest BCUT2D eigenvalue weighted by molar-refractivity contribution is 7.89. The van der Waals surface area contributed by atoms with Crippen molar-refractivity contribution < 1.29 is 8.42 Å². The fourth-order valence-corrected chi connectivity index (χ4v) is 3.67. The third-order valence-corrected chi connectivity index (χ3v) is 5.49. The first kappa shape index (κ1) is 19.0. The van der Waals surface area contributed by atoms with Crippen LogP contribution in [0, 0.1) is 0 Å². The smallest absolute Gasteiger partial charge is 0.238 e. The lowest BCUT2D eigenvalue weighted by Gasteiger charge is -2.08. The molecule has 8 nitrogen and oxygen atoms in total. The molecule has 4 rings (SSSR count). The molecule has 3 heterocycles. The van der Waals surface area contributed by atoms with Gasteiger partial charge in [0.2, 0.25) is 16.0 Å². The van der Waals surface area contributed by atoms with Crippen LogP contribution in [0.2, 0.25) is 0 Å². The normalized spacial score (nSPS) is 11.9. The molecule has 3 aromatic heterocycles. The van der Waals surface area contributed by atoms with Gasteiger partial charge in [0.15, 0.2) is 0 Å². The SMILES string of the molecule is CC(C)n1cc(-c2ccnc(Nc3ccc(S(N)(=O)=O)cc3)n2)c2ccncc21. The van der Waals surface area contributed by atoms with Gasteiger partial charge in [-0.15, -0.1) is 0 Å². The predicted octanol–water partition coefficient (Wildman–Crippen LogP) is 3.47. The van der Waals surface area contributed by atoms with Crippen molar-refractivity contribution >= 4 is 32.6 Å². The van der Waals surface area contributed by atoms with E-state index in [0.717, 1.165) is 22.2 Å². The maximum Gasteiger partial charge on any atom is 0.238 e. The Labute approximate surface area is 168 Å². The summed E-state index contributed by atoms with van der Waals surface area (Å²) < 4.78 is 24.9. The zero-order chi connectivity index (χ0) is 20.6. The minimum Gasteiger partial charge on any atom is -0.343 e. The van der Waals surface area contributed by atoms with E-state index in [4.69, 9.17) is 5.14 Å². The van der Waals surface area contributed by atoms with Gasteiger partial charge in [0.05, 0.1) is 22.3 Å². The molecule has 0 radical (unpaired) electrons. The van der Waals surface area contributed by atoms with Crippen molar-refractivity contribution in [2.24, 2.45) is 5.14 Å². The summed E-state index contributed by atoms with van der Waals surface area (Å²) in [4.78, 5) is 13.2. The topological polar surface area (TPSA) is 116 Å². The zero-order valence-corrected chi connectivity index (χ0v) is 16.8. The van der Waals surface area contributed by atoms with Gasteiger partial charge in [0, 0.05) is 41.3 Å². The summed E-state index contributed by atoms with van der Waals surface area (Å²) in [5.41, 5.74) is 3.47. The van der Waals surface area contributed by atoms with Gasteiger partial charge in [0.25, 0.3) is 0 Å². The van der Waals surface area contributed by atoms with E-state index in [2.05, 4.69) is 44.9 Å². The molecule has 0 saturated heterocycles. The second-order valence-corrected chi connectivity index (χ2v) is 8.46. The van der Waals surface area contributed by atoms with Crippen LogP contribution in [0.15, 0.2) is 66.1 Å². The number of hydrogen-bond acceptors (Lipinski definition) is 6. The van der Waals surface area contributed by atoms with Gasteiger partial charge in [-0.3, -0.25) is 4.98 Å². The molecule has 0 atom stereocenters. The molecule has 0 aliphatic carbocycles. The molecule has 0 aliphatic heterocycles. The van der Waals surface area contributed by atoms with Crippen molar-refractivity contribution in [2.75, 3.05) is 5.32 Å². The van der Waals surface area contributed by atoms with E-state index in [-0.39, 0.29) is 10.9 Å². The first-order chi connectivity index (χ1) is 13.8. The van der Waals surface area contributed by atoms with Crippen molar-refractivity contribution in [3.05, 3.63) is 61.2 Å². The molecule has 3 N–H and O–H groups in total. The van der Waals surface area contributed by atoms with Gasteiger partial charge < -0.3 is 9.88 Å². The van der Waals surface area contributed by atoms with Gasteiger partial charge in [-0.25, -0.2) is 23.5 Å². The van der Waals surface area contributed by atoms with Crippen LogP contribution in [0.5, 0.6) is 0 Å².